The van der Waals surface area contributed by atoms with Gasteiger partial charge >= 0.3 is 0 Å². The molecule has 2 aromatic carbocycles. The molecule has 0 unspecified atom stereocenters. The van der Waals surface area contributed by atoms with Gasteiger partial charge in [-0.3, -0.25) is 5.10 Å². The number of fused-ring (bicyclic) bond motifs is 1. The zero-order valence-corrected chi connectivity index (χ0v) is 18.1. The number of aryl methyl sites for hydroxylation is 1. The zero-order chi connectivity index (χ0) is 23.5. The minimum absolute atomic E-state index is 0.00782. The van der Waals surface area contributed by atoms with Crippen molar-refractivity contribution >= 4 is 0 Å². The van der Waals surface area contributed by atoms with Crippen molar-refractivity contribution in [2.24, 2.45) is 5.73 Å². The van der Waals surface area contributed by atoms with Crippen LogP contribution in [0.25, 0.3) is 0 Å². The van der Waals surface area contributed by atoms with Gasteiger partial charge in [0.2, 0.25) is 11.8 Å². The number of aromatic nitrogens is 2. The predicted molar refractivity (Wildman–Crippen MR) is 116 cm³/mol. The Hall–Kier alpha value is -4.06. The van der Waals surface area contributed by atoms with Crippen LogP contribution < -0.4 is 19.9 Å². The zero-order valence-electron chi connectivity index (χ0n) is 18.1. The molecule has 33 heavy (non-hydrogen) atoms. The van der Waals surface area contributed by atoms with Gasteiger partial charge in [-0.25, -0.2) is 8.78 Å². The maximum Gasteiger partial charge on any atom is 0.244 e. The summed E-state index contributed by atoms with van der Waals surface area (Å²) in [6, 6.07) is 10.7. The van der Waals surface area contributed by atoms with Crippen molar-refractivity contribution in [1.82, 2.24) is 10.2 Å². The summed E-state index contributed by atoms with van der Waals surface area (Å²) in [4.78, 5) is 0. The number of hydrogen-bond donors (Lipinski definition) is 2. The Labute approximate surface area is 189 Å². The number of aromatic amines is 1. The summed E-state index contributed by atoms with van der Waals surface area (Å²) in [6.07, 6.45) is 1.59. The van der Waals surface area contributed by atoms with Crippen LogP contribution in [0.1, 0.15) is 41.6 Å². The van der Waals surface area contributed by atoms with Gasteiger partial charge in [-0.1, -0.05) is 19.4 Å². The van der Waals surface area contributed by atoms with E-state index in [0.717, 1.165) is 41.8 Å². The van der Waals surface area contributed by atoms with E-state index in [9.17, 15) is 14.0 Å². The molecule has 1 aromatic heterocycles. The van der Waals surface area contributed by atoms with E-state index in [0.29, 0.717) is 17.2 Å². The number of allylic oxidation sites excluding steroid dienone is 1. The van der Waals surface area contributed by atoms with Crippen molar-refractivity contribution in [1.29, 1.82) is 5.26 Å². The molecule has 9 heteroatoms. The van der Waals surface area contributed by atoms with Gasteiger partial charge in [-0.05, 0) is 36.2 Å². The molecule has 1 aliphatic heterocycles. The van der Waals surface area contributed by atoms with Crippen LogP contribution in [-0.2, 0) is 13.0 Å². The number of nitrogens with two attached hydrogens (primary N) is 1. The fraction of sp³-hybridized carbons (Fsp3) is 0.250. The first-order valence-corrected chi connectivity index (χ1v) is 10.4. The average molecular weight is 452 g/mol. The monoisotopic (exact) mass is 452 g/mol. The van der Waals surface area contributed by atoms with Gasteiger partial charge in [0.05, 0.1) is 13.0 Å². The fourth-order valence-corrected chi connectivity index (χ4v) is 3.92. The summed E-state index contributed by atoms with van der Waals surface area (Å²) in [6.45, 7) is 2.00. The van der Waals surface area contributed by atoms with Gasteiger partial charge in [0.15, 0.2) is 11.6 Å². The molecule has 0 aliphatic carbocycles. The second-order valence-corrected chi connectivity index (χ2v) is 7.53. The molecule has 0 saturated carbocycles. The van der Waals surface area contributed by atoms with Gasteiger partial charge < -0.3 is 19.9 Å². The largest absolute Gasteiger partial charge is 0.496 e. The van der Waals surface area contributed by atoms with Crippen molar-refractivity contribution in [3.63, 3.8) is 0 Å². The minimum atomic E-state index is -0.802. The fourth-order valence-electron chi connectivity index (χ4n) is 3.92. The third-order valence-electron chi connectivity index (χ3n) is 5.43. The molecular weight excluding hydrogens is 430 g/mol. The van der Waals surface area contributed by atoms with E-state index in [1.54, 1.807) is 6.07 Å². The summed E-state index contributed by atoms with van der Waals surface area (Å²) in [5.41, 5.74) is 9.27. The number of nitriles is 1. The third kappa shape index (κ3) is 4.20. The summed E-state index contributed by atoms with van der Waals surface area (Å²) < 4.78 is 43.8. The Kier molecular flexibility index (Phi) is 6.18. The first-order valence-electron chi connectivity index (χ1n) is 10.4. The van der Waals surface area contributed by atoms with E-state index in [4.69, 9.17) is 19.9 Å². The molecule has 0 amide bonds. The van der Waals surface area contributed by atoms with E-state index in [1.165, 1.54) is 13.2 Å². The first kappa shape index (κ1) is 22.1. The van der Waals surface area contributed by atoms with Crippen molar-refractivity contribution in [3.05, 3.63) is 81.9 Å². The smallest absolute Gasteiger partial charge is 0.244 e. The standard InChI is InChI=1S/C24H22F2N4O3/c1-3-4-18-22-21(16(11-27)23(28)33-24(22)30-29-18)13-5-7-19(31-2)14(9-13)12-32-20-8-6-15(25)10-17(20)26/h5-10,21H,3-4,12,28H2,1-2H3,(H,29,30)/t21-/m0/s1. The van der Waals surface area contributed by atoms with Gasteiger partial charge in [-0.15, -0.1) is 5.10 Å². The topological polar surface area (TPSA) is 106 Å². The van der Waals surface area contributed by atoms with E-state index in [2.05, 4.69) is 16.3 Å². The molecule has 3 aromatic rings. The number of nitrogens with zero attached hydrogens (tertiary/aromatic N) is 2. The number of benzene rings is 2. The molecule has 1 aliphatic rings. The summed E-state index contributed by atoms with van der Waals surface area (Å²) >= 11 is 0. The van der Waals surface area contributed by atoms with E-state index < -0.39 is 17.6 Å². The molecule has 1 atom stereocenters. The Morgan fingerprint density at radius 3 is 2.70 bits per heavy atom. The lowest BCUT2D eigenvalue weighted by atomic mass is 9.83. The molecule has 0 fully saturated rings. The van der Waals surface area contributed by atoms with Crippen LogP contribution in [0.4, 0.5) is 8.78 Å². The van der Waals surface area contributed by atoms with Crippen LogP contribution in [0, 0.1) is 23.0 Å². The van der Waals surface area contributed by atoms with E-state index >= 15 is 0 Å². The second-order valence-electron chi connectivity index (χ2n) is 7.53. The maximum absolute atomic E-state index is 14.0. The van der Waals surface area contributed by atoms with Gasteiger partial charge in [-0.2, -0.15) is 5.26 Å². The quantitative estimate of drug-likeness (QED) is 0.549. The van der Waals surface area contributed by atoms with Crippen LogP contribution in [0.2, 0.25) is 0 Å². The minimum Gasteiger partial charge on any atom is -0.496 e. The number of ether oxygens (including phenoxy) is 3. The summed E-state index contributed by atoms with van der Waals surface area (Å²) in [5.74, 6) is -1.24. The van der Waals surface area contributed by atoms with Crippen LogP contribution in [0.5, 0.6) is 17.4 Å². The van der Waals surface area contributed by atoms with Crippen molar-refractivity contribution in [3.8, 4) is 23.4 Å². The Bertz CT molecular complexity index is 1260. The molecule has 2 heterocycles. The van der Waals surface area contributed by atoms with E-state index in [1.807, 2.05) is 19.1 Å². The lowest BCUT2D eigenvalue weighted by Gasteiger charge is -2.25. The van der Waals surface area contributed by atoms with E-state index in [-0.39, 0.29) is 23.8 Å². The number of H-pyrrole nitrogens is 1. The lowest BCUT2D eigenvalue weighted by molar-refractivity contribution is 0.281. The number of rotatable bonds is 7. The van der Waals surface area contributed by atoms with Gasteiger partial charge in [0.25, 0.3) is 0 Å². The van der Waals surface area contributed by atoms with Crippen molar-refractivity contribution in [2.75, 3.05) is 7.11 Å². The Morgan fingerprint density at radius 2 is 2.00 bits per heavy atom. The average Bonchev–Trinajstić information content (AvgIpc) is 3.19. The lowest BCUT2D eigenvalue weighted by Crippen LogP contribution is -2.21. The predicted octanol–water partition coefficient (Wildman–Crippen LogP) is 4.45. The highest BCUT2D eigenvalue weighted by Gasteiger charge is 2.35. The highest BCUT2D eigenvalue weighted by Crippen LogP contribution is 2.44. The van der Waals surface area contributed by atoms with Crippen LogP contribution in [0.15, 0.2) is 47.9 Å². The molecule has 0 bridgehead atoms. The molecule has 4 rings (SSSR count). The molecule has 7 nitrogen and oxygen atoms in total. The van der Waals surface area contributed by atoms with Gasteiger partial charge in [0, 0.05) is 22.9 Å². The van der Waals surface area contributed by atoms with Crippen LogP contribution >= 0.6 is 0 Å². The first-order chi connectivity index (χ1) is 16.0. The highest BCUT2D eigenvalue weighted by molar-refractivity contribution is 5.56. The normalized spacial score (nSPS) is 14.9. The number of methoxy groups -OCH3 is 1. The van der Waals surface area contributed by atoms with Crippen molar-refractivity contribution < 1.29 is 23.0 Å². The number of nitrogens with one attached hydrogen (secondary N) is 1. The van der Waals surface area contributed by atoms with Gasteiger partial charge in [0.1, 0.15) is 29.8 Å². The second kappa shape index (κ2) is 9.20. The maximum atomic E-state index is 14.0. The molecule has 0 saturated heterocycles. The number of hydrogen-bond acceptors (Lipinski definition) is 6. The Morgan fingerprint density at radius 1 is 1.21 bits per heavy atom. The SMILES string of the molecule is CCCc1[nH]nc2c1[C@@H](c1ccc(OC)c(COc3ccc(F)cc3F)c1)C(C#N)=C(N)O2. The van der Waals surface area contributed by atoms with Crippen molar-refractivity contribution in [2.45, 2.75) is 32.3 Å². The van der Waals surface area contributed by atoms with Crippen LogP contribution in [0.3, 0.4) is 0 Å². The summed E-state index contributed by atoms with van der Waals surface area (Å²) in [7, 11) is 1.51. The third-order valence-corrected chi connectivity index (χ3v) is 5.43. The van der Waals surface area contributed by atoms with Crippen LogP contribution in [-0.4, -0.2) is 17.3 Å². The molecule has 0 radical (unpaired) electrons. The number of halogens is 2. The molecular formula is C24H22F2N4O3. The Balaban J connectivity index is 1.75. The summed E-state index contributed by atoms with van der Waals surface area (Å²) in [5, 5.41) is 17.0. The highest BCUT2D eigenvalue weighted by atomic mass is 19.1. The molecule has 170 valence electrons. The molecule has 0 spiro atoms. The molecule has 3 N–H and O–H groups in total.